The van der Waals surface area contributed by atoms with Gasteiger partial charge in [0.1, 0.15) is 17.4 Å². The number of furan rings is 1. The minimum Gasteiger partial charge on any atom is -0.466 e. The summed E-state index contributed by atoms with van der Waals surface area (Å²) < 4.78 is 15.9. The summed E-state index contributed by atoms with van der Waals surface area (Å²) >= 11 is 0. The number of nitrogens with zero attached hydrogens (tertiary/aromatic N) is 1. The van der Waals surface area contributed by atoms with Crippen molar-refractivity contribution < 1.29 is 18.7 Å². The fourth-order valence-corrected chi connectivity index (χ4v) is 2.41. The van der Waals surface area contributed by atoms with Gasteiger partial charge in [0.15, 0.2) is 17.3 Å². The van der Waals surface area contributed by atoms with E-state index in [9.17, 15) is 10.1 Å². The smallest absolute Gasteiger partial charge is 0.231 e. The predicted molar refractivity (Wildman–Crippen MR) is 73.4 cm³/mol. The van der Waals surface area contributed by atoms with Crippen molar-refractivity contribution in [3.05, 3.63) is 46.9 Å². The SMILES string of the molecule is Cc1cc(C(=O)C(C#N)c2ccc3c(c2)OCO3)c(C)o1. The van der Waals surface area contributed by atoms with Crippen molar-refractivity contribution in [1.29, 1.82) is 5.26 Å². The number of fused-ring (bicyclic) bond motifs is 1. The lowest BCUT2D eigenvalue weighted by molar-refractivity contribution is 0.0977. The van der Waals surface area contributed by atoms with Crippen molar-refractivity contribution >= 4 is 5.78 Å². The zero-order valence-corrected chi connectivity index (χ0v) is 11.7. The largest absolute Gasteiger partial charge is 0.466 e. The van der Waals surface area contributed by atoms with E-state index in [2.05, 4.69) is 6.07 Å². The van der Waals surface area contributed by atoms with Crippen LogP contribution in [0, 0.1) is 25.2 Å². The topological polar surface area (TPSA) is 72.5 Å². The van der Waals surface area contributed by atoms with Crippen LogP contribution >= 0.6 is 0 Å². The van der Waals surface area contributed by atoms with Crippen molar-refractivity contribution in [3.63, 3.8) is 0 Å². The van der Waals surface area contributed by atoms with E-state index in [4.69, 9.17) is 13.9 Å². The summed E-state index contributed by atoms with van der Waals surface area (Å²) in [7, 11) is 0. The molecule has 0 aliphatic carbocycles. The number of nitriles is 1. The van der Waals surface area contributed by atoms with Gasteiger partial charge in [-0.25, -0.2) is 0 Å². The molecule has 0 saturated carbocycles. The van der Waals surface area contributed by atoms with Crippen LogP contribution in [0.25, 0.3) is 0 Å². The number of hydrogen-bond acceptors (Lipinski definition) is 5. The molecule has 0 amide bonds. The van der Waals surface area contributed by atoms with Crippen LogP contribution in [0.1, 0.15) is 33.4 Å². The van der Waals surface area contributed by atoms with Gasteiger partial charge in [0.05, 0.1) is 11.6 Å². The van der Waals surface area contributed by atoms with E-state index < -0.39 is 5.92 Å². The average molecular weight is 283 g/mol. The van der Waals surface area contributed by atoms with Gasteiger partial charge in [-0.1, -0.05) is 6.07 Å². The van der Waals surface area contributed by atoms with E-state index in [-0.39, 0.29) is 12.6 Å². The monoisotopic (exact) mass is 283 g/mol. The molecule has 0 saturated heterocycles. The first-order chi connectivity index (χ1) is 10.1. The zero-order chi connectivity index (χ0) is 15.0. The van der Waals surface area contributed by atoms with Gasteiger partial charge in [-0.2, -0.15) is 5.26 Å². The van der Waals surface area contributed by atoms with Gasteiger partial charge in [0.2, 0.25) is 6.79 Å². The molecule has 106 valence electrons. The third-order valence-corrected chi connectivity index (χ3v) is 3.43. The van der Waals surface area contributed by atoms with Crippen molar-refractivity contribution in [2.24, 2.45) is 0 Å². The Hall–Kier alpha value is -2.74. The first-order valence-electron chi connectivity index (χ1n) is 6.50. The highest BCUT2D eigenvalue weighted by Gasteiger charge is 2.27. The van der Waals surface area contributed by atoms with Crippen LogP contribution in [0.2, 0.25) is 0 Å². The molecule has 5 nitrogen and oxygen atoms in total. The maximum atomic E-state index is 12.6. The third kappa shape index (κ3) is 2.25. The van der Waals surface area contributed by atoms with Crippen LogP contribution < -0.4 is 9.47 Å². The summed E-state index contributed by atoms with van der Waals surface area (Å²) in [4.78, 5) is 12.6. The molecule has 1 aliphatic rings. The second kappa shape index (κ2) is 4.98. The molecule has 0 N–H and O–H groups in total. The summed E-state index contributed by atoms with van der Waals surface area (Å²) in [5.41, 5.74) is 1.03. The van der Waals surface area contributed by atoms with E-state index >= 15 is 0 Å². The maximum Gasteiger partial charge on any atom is 0.231 e. The van der Waals surface area contributed by atoms with E-state index in [0.29, 0.717) is 34.1 Å². The Bertz CT molecular complexity index is 754. The number of ketones is 1. The third-order valence-electron chi connectivity index (χ3n) is 3.43. The Morgan fingerprint density at radius 1 is 1.24 bits per heavy atom. The predicted octanol–water partition coefficient (Wildman–Crippen LogP) is 3.12. The van der Waals surface area contributed by atoms with Crippen molar-refractivity contribution in [1.82, 2.24) is 0 Å². The number of aryl methyl sites for hydroxylation is 2. The first-order valence-corrected chi connectivity index (χ1v) is 6.50. The quantitative estimate of drug-likeness (QED) is 0.809. The Morgan fingerprint density at radius 3 is 2.67 bits per heavy atom. The lowest BCUT2D eigenvalue weighted by Gasteiger charge is -2.08. The normalized spacial score (nSPS) is 13.8. The minimum absolute atomic E-state index is 0.157. The van der Waals surface area contributed by atoms with Crippen molar-refractivity contribution in [2.45, 2.75) is 19.8 Å². The Kier molecular flexibility index (Phi) is 3.15. The molecule has 1 unspecified atom stereocenters. The summed E-state index contributed by atoms with van der Waals surface area (Å²) in [5.74, 6) is 1.19. The van der Waals surface area contributed by atoms with Crippen LogP contribution in [-0.2, 0) is 0 Å². The van der Waals surface area contributed by atoms with Crippen molar-refractivity contribution in [2.75, 3.05) is 6.79 Å². The molecular formula is C16H13NO4. The second-order valence-electron chi connectivity index (χ2n) is 4.87. The van der Waals surface area contributed by atoms with Crippen LogP contribution in [0.4, 0.5) is 0 Å². The summed E-state index contributed by atoms with van der Waals surface area (Å²) in [6.07, 6.45) is 0. The van der Waals surface area contributed by atoms with Crippen LogP contribution in [0.5, 0.6) is 11.5 Å². The summed E-state index contributed by atoms with van der Waals surface area (Å²) in [6, 6.07) is 8.82. The fourth-order valence-electron chi connectivity index (χ4n) is 2.41. The van der Waals surface area contributed by atoms with Gasteiger partial charge in [-0.05, 0) is 37.6 Å². The molecule has 21 heavy (non-hydrogen) atoms. The van der Waals surface area contributed by atoms with E-state index in [0.717, 1.165) is 0 Å². The number of hydrogen-bond donors (Lipinski definition) is 0. The number of benzene rings is 1. The van der Waals surface area contributed by atoms with Gasteiger partial charge in [-0.3, -0.25) is 4.79 Å². The van der Waals surface area contributed by atoms with Gasteiger partial charge in [-0.15, -0.1) is 0 Å². The zero-order valence-electron chi connectivity index (χ0n) is 11.7. The molecule has 0 spiro atoms. The van der Waals surface area contributed by atoms with Crippen LogP contribution in [0.15, 0.2) is 28.7 Å². The summed E-state index contributed by atoms with van der Waals surface area (Å²) in [5, 5.41) is 9.38. The molecule has 5 heteroatoms. The Morgan fingerprint density at radius 2 is 2.00 bits per heavy atom. The molecule has 1 aliphatic heterocycles. The Labute approximate surface area is 121 Å². The number of Topliss-reactive ketones (excluding diaryl/α,β-unsaturated/α-hetero) is 1. The Balaban J connectivity index is 1.97. The maximum absolute atomic E-state index is 12.6. The molecule has 2 aromatic rings. The molecule has 1 atom stereocenters. The van der Waals surface area contributed by atoms with Crippen molar-refractivity contribution in [3.8, 4) is 17.6 Å². The fraction of sp³-hybridized carbons (Fsp3) is 0.250. The number of carbonyl (C=O) groups excluding carboxylic acids is 1. The molecule has 0 radical (unpaired) electrons. The van der Waals surface area contributed by atoms with Gasteiger partial charge in [0.25, 0.3) is 0 Å². The molecule has 0 fully saturated rings. The first kappa shape index (κ1) is 13.3. The molecule has 1 aromatic heterocycles. The van der Waals surface area contributed by atoms with E-state index in [1.165, 1.54) is 0 Å². The van der Waals surface area contributed by atoms with Gasteiger partial charge < -0.3 is 13.9 Å². The minimum atomic E-state index is -0.893. The molecule has 0 bridgehead atoms. The lowest BCUT2D eigenvalue weighted by Crippen LogP contribution is -2.11. The van der Waals surface area contributed by atoms with E-state index in [1.54, 1.807) is 38.1 Å². The highest BCUT2D eigenvalue weighted by molar-refractivity contribution is 6.03. The molecule has 1 aromatic carbocycles. The second-order valence-corrected chi connectivity index (χ2v) is 4.87. The molecule has 2 heterocycles. The average Bonchev–Trinajstić information content (AvgIpc) is 3.05. The molecular weight excluding hydrogens is 270 g/mol. The number of ether oxygens (including phenoxy) is 2. The summed E-state index contributed by atoms with van der Waals surface area (Å²) in [6.45, 7) is 3.64. The van der Waals surface area contributed by atoms with Crippen LogP contribution in [-0.4, -0.2) is 12.6 Å². The highest BCUT2D eigenvalue weighted by Crippen LogP contribution is 2.35. The number of carbonyl (C=O) groups is 1. The highest BCUT2D eigenvalue weighted by atomic mass is 16.7. The standard InChI is InChI=1S/C16H13NO4/c1-9-5-12(10(2)21-9)16(18)13(7-17)11-3-4-14-15(6-11)20-8-19-14/h3-6,13H,8H2,1-2H3. The van der Waals surface area contributed by atoms with Gasteiger partial charge in [0, 0.05) is 0 Å². The van der Waals surface area contributed by atoms with Gasteiger partial charge >= 0.3 is 0 Å². The number of rotatable bonds is 3. The lowest BCUT2D eigenvalue weighted by atomic mass is 9.91. The van der Waals surface area contributed by atoms with Crippen LogP contribution in [0.3, 0.4) is 0 Å². The molecule has 3 rings (SSSR count). The van der Waals surface area contributed by atoms with E-state index in [1.807, 2.05) is 0 Å².